The molecule has 14 heteroatoms. The number of rotatable bonds is 6. The monoisotopic (exact) mass is 500 g/mol. The Morgan fingerprint density at radius 2 is 2.16 bits per heavy atom. The number of benzene rings is 2. The zero-order valence-corrected chi connectivity index (χ0v) is 17.6. The SMILES string of the molecule is Nc1nonc1-c1nc2ccccc2n1CC(=O)N/N=C\c1cc([N+](=O)[O-])cc(Br)c1O. The van der Waals surface area contributed by atoms with Crippen molar-refractivity contribution >= 4 is 50.6 Å². The van der Waals surface area contributed by atoms with E-state index in [4.69, 9.17) is 5.73 Å². The predicted molar refractivity (Wildman–Crippen MR) is 116 cm³/mol. The largest absolute Gasteiger partial charge is 0.506 e. The summed E-state index contributed by atoms with van der Waals surface area (Å²) >= 11 is 3.04. The van der Waals surface area contributed by atoms with Crippen LogP contribution in [0.15, 0.2) is 50.6 Å². The molecule has 4 aromatic rings. The number of nitrogen functional groups attached to an aromatic ring is 1. The van der Waals surface area contributed by atoms with Crippen LogP contribution in [0.3, 0.4) is 0 Å². The van der Waals surface area contributed by atoms with Crippen LogP contribution in [0.4, 0.5) is 11.5 Å². The van der Waals surface area contributed by atoms with Crippen molar-refractivity contribution in [2.75, 3.05) is 5.73 Å². The minimum Gasteiger partial charge on any atom is -0.506 e. The summed E-state index contributed by atoms with van der Waals surface area (Å²) < 4.78 is 6.32. The molecule has 0 spiro atoms. The number of carbonyl (C=O) groups excluding carboxylic acids is 1. The van der Waals surface area contributed by atoms with Crippen LogP contribution in [-0.4, -0.2) is 42.0 Å². The van der Waals surface area contributed by atoms with Crippen LogP contribution in [0.1, 0.15) is 5.56 Å². The van der Waals surface area contributed by atoms with Crippen molar-refractivity contribution in [2.24, 2.45) is 5.10 Å². The van der Waals surface area contributed by atoms with Crippen LogP contribution >= 0.6 is 15.9 Å². The number of aromatic nitrogens is 4. The van der Waals surface area contributed by atoms with E-state index in [0.29, 0.717) is 11.0 Å². The number of hydrogen-bond donors (Lipinski definition) is 3. The third-order valence-corrected chi connectivity index (χ3v) is 4.97. The van der Waals surface area contributed by atoms with Gasteiger partial charge in [-0.3, -0.25) is 14.9 Å². The maximum atomic E-state index is 12.5. The minimum atomic E-state index is -0.615. The molecule has 2 heterocycles. The van der Waals surface area contributed by atoms with Crippen molar-refractivity contribution in [3.8, 4) is 17.3 Å². The first kappa shape index (κ1) is 20.9. The Kier molecular flexibility index (Phi) is 5.51. The molecule has 2 aromatic heterocycles. The number of nitro benzene ring substituents is 1. The van der Waals surface area contributed by atoms with Crippen LogP contribution in [-0.2, 0) is 11.3 Å². The minimum absolute atomic E-state index is 0.0201. The van der Waals surface area contributed by atoms with Crippen LogP contribution < -0.4 is 11.2 Å². The van der Waals surface area contributed by atoms with Gasteiger partial charge in [0.15, 0.2) is 17.3 Å². The molecule has 13 nitrogen and oxygen atoms in total. The molecule has 0 saturated carbocycles. The van der Waals surface area contributed by atoms with E-state index in [9.17, 15) is 20.0 Å². The number of hydrazone groups is 1. The number of nitrogens with two attached hydrogens (primary N) is 1. The molecule has 0 saturated heterocycles. The van der Waals surface area contributed by atoms with E-state index >= 15 is 0 Å². The molecule has 0 fully saturated rings. The lowest BCUT2D eigenvalue weighted by Crippen LogP contribution is -2.23. The Morgan fingerprint density at radius 1 is 1.38 bits per heavy atom. The number of para-hydroxylation sites is 2. The first-order valence-corrected chi connectivity index (χ1v) is 9.67. The van der Waals surface area contributed by atoms with Crippen LogP contribution in [0, 0.1) is 10.1 Å². The van der Waals surface area contributed by atoms with Gasteiger partial charge in [-0.15, -0.1) is 0 Å². The van der Waals surface area contributed by atoms with Gasteiger partial charge in [0.05, 0.1) is 26.6 Å². The van der Waals surface area contributed by atoms with E-state index in [1.54, 1.807) is 28.8 Å². The van der Waals surface area contributed by atoms with Gasteiger partial charge in [-0.05, 0) is 38.4 Å². The molecule has 0 atom stereocenters. The van der Waals surface area contributed by atoms with Crippen LogP contribution in [0.5, 0.6) is 5.75 Å². The lowest BCUT2D eigenvalue weighted by Gasteiger charge is -2.07. The summed E-state index contributed by atoms with van der Waals surface area (Å²) in [5, 5.41) is 32.1. The van der Waals surface area contributed by atoms with Crippen LogP contribution in [0.2, 0.25) is 0 Å². The fourth-order valence-electron chi connectivity index (χ4n) is 2.93. The first-order valence-electron chi connectivity index (χ1n) is 8.87. The molecule has 0 radical (unpaired) electrons. The number of carbonyl (C=O) groups is 1. The van der Waals surface area contributed by atoms with Crippen molar-refractivity contribution in [1.29, 1.82) is 0 Å². The zero-order chi connectivity index (χ0) is 22.8. The van der Waals surface area contributed by atoms with Gasteiger partial charge < -0.3 is 15.4 Å². The molecule has 0 bridgehead atoms. The summed E-state index contributed by atoms with van der Waals surface area (Å²) in [4.78, 5) is 27.4. The lowest BCUT2D eigenvalue weighted by atomic mass is 10.2. The molecule has 162 valence electrons. The maximum absolute atomic E-state index is 12.5. The summed E-state index contributed by atoms with van der Waals surface area (Å²) in [5.74, 6) is -0.494. The number of phenolic OH excluding ortho intramolecular Hbond substituents is 1. The van der Waals surface area contributed by atoms with E-state index in [2.05, 4.69) is 46.4 Å². The quantitative estimate of drug-likeness (QED) is 0.202. The second kappa shape index (κ2) is 8.43. The highest BCUT2D eigenvalue weighted by Crippen LogP contribution is 2.31. The number of phenols is 1. The molecule has 0 aliphatic heterocycles. The van der Waals surface area contributed by atoms with Crippen LogP contribution in [0.25, 0.3) is 22.6 Å². The zero-order valence-electron chi connectivity index (χ0n) is 16.0. The third kappa shape index (κ3) is 3.98. The van der Waals surface area contributed by atoms with E-state index < -0.39 is 10.8 Å². The number of imidazole rings is 1. The lowest BCUT2D eigenvalue weighted by molar-refractivity contribution is -0.385. The Bertz CT molecular complexity index is 1380. The van der Waals surface area contributed by atoms with E-state index in [-0.39, 0.29) is 45.4 Å². The average Bonchev–Trinajstić information content (AvgIpc) is 3.34. The molecule has 0 aliphatic carbocycles. The predicted octanol–water partition coefficient (Wildman–Crippen LogP) is 2.20. The summed E-state index contributed by atoms with van der Waals surface area (Å²) in [6, 6.07) is 9.39. The summed E-state index contributed by atoms with van der Waals surface area (Å²) in [7, 11) is 0. The van der Waals surface area contributed by atoms with Gasteiger partial charge in [-0.1, -0.05) is 12.1 Å². The summed E-state index contributed by atoms with van der Waals surface area (Å²) in [5.41, 5.74) is 9.31. The summed E-state index contributed by atoms with van der Waals surface area (Å²) in [6.45, 7) is -0.204. The number of hydrogen-bond acceptors (Lipinski definition) is 10. The number of non-ortho nitro benzene ring substituents is 1. The van der Waals surface area contributed by atoms with E-state index in [1.165, 1.54) is 0 Å². The topological polar surface area (TPSA) is 188 Å². The van der Waals surface area contributed by atoms with Gasteiger partial charge in [0.1, 0.15) is 12.3 Å². The molecule has 4 N–H and O–H groups in total. The number of nitrogens with one attached hydrogen (secondary N) is 1. The second-order valence-electron chi connectivity index (χ2n) is 6.42. The molecule has 32 heavy (non-hydrogen) atoms. The number of nitro groups is 1. The maximum Gasteiger partial charge on any atom is 0.271 e. The Labute approximate surface area is 186 Å². The fourth-order valence-corrected chi connectivity index (χ4v) is 3.39. The van der Waals surface area contributed by atoms with Crippen molar-refractivity contribution in [2.45, 2.75) is 6.54 Å². The van der Waals surface area contributed by atoms with Crippen molar-refractivity contribution in [1.82, 2.24) is 25.3 Å². The molecule has 1 amide bonds. The highest BCUT2D eigenvalue weighted by atomic mass is 79.9. The average molecular weight is 501 g/mol. The smallest absolute Gasteiger partial charge is 0.271 e. The number of aromatic hydroxyl groups is 1. The van der Waals surface area contributed by atoms with Gasteiger partial charge in [0.2, 0.25) is 0 Å². The third-order valence-electron chi connectivity index (χ3n) is 4.36. The number of nitrogens with zero attached hydrogens (tertiary/aromatic N) is 6. The Balaban J connectivity index is 1.58. The first-order chi connectivity index (χ1) is 15.3. The van der Waals surface area contributed by atoms with Gasteiger partial charge in [-0.25, -0.2) is 15.0 Å². The van der Waals surface area contributed by atoms with E-state index in [0.717, 1.165) is 18.3 Å². The van der Waals surface area contributed by atoms with Crippen molar-refractivity contribution in [3.05, 3.63) is 56.5 Å². The van der Waals surface area contributed by atoms with Crippen molar-refractivity contribution < 1.29 is 19.5 Å². The molecule has 0 unspecified atom stereocenters. The van der Waals surface area contributed by atoms with E-state index in [1.807, 2.05) is 0 Å². The second-order valence-corrected chi connectivity index (χ2v) is 7.28. The number of fused-ring (bicyclic) bond motifs is 1. The van der Waals surface area contributed by atoms with Gasteiger partial charge >= 0.3 is 0 Å². The highest BCUT2D eigenvalue weighted by Gasteiger charge is 2.20. The Morgan fingerprint density at radius 3 is 2.88 bits per heavy atom. The molecule has 0 aliphatic rings. The van der Waals surface area contributed by atoms with Gasteiger partial charge in [-0.2, -0.15) is 5.10 Å². The normalized spacial score (nSPS) is 11.3. The molecular formula is C18H13BrN8O5. The Hall–Kier alpha value is -4.33. The van der Waals surface area contributed by atoms with Crippen molar-refractivity contribution in [3.63, 3.8) is 0 Å². The molecule has 4 rings (SSSR count). The number of amides is 1. The van der Waals surface area contributed by atoms with Gasteiger partial charge in [0, 0.05) is 17.7 Å². The summed E-state index contributed by atoms with van der Waals surface area (Å²) in [6.07, 6.45) is 1.09. The highest BCUT2D eigenvalue weighted by molar-refractivity contribution is 9.10. The standard InChI is InChI=1S/C18H13BrN8O5/c19-11-6-10(27(30)31)5-9(16(11)29)7-21-23-14(28)8-26-13-4-2-1-3-12(13)22-18(26)15-17(20)25-32-24-15/h1-7,29H,8H2,(H2,20,25)(H,23,28)/b21-7-. The van der Waals surface area contributed by atoms with Gasteiger partial charge in [0.25, 0.3) is 11.6 Å². The number of halogens is 1. The molecular weight excluding hydrogens is 488 g/mol. The fraction of sp³-hybridized carbons (Fsp3) is 0.0556. The molecule has 2 aromatic carbocycles. The number of anilines is 1.